The lowest BCUT2D eigenvalue weighted by molar-refractivity contribution is -0.137. The quantitative estimate of drug-likeness (QED) is 0.732. The van der Waals surface area contributed by atoms with E-state index in [4.69, 9.17) is 5.11 Å². The van der Waals surface area contributed by atoms with E-state index >= 15 is 0 Å². The first-order valence-corrected chi connectivity index (χ1v) is 7.09. The van der Waals surface area contributed by atoms with Gasteiger partial charge in [0.15, 0.2) is 0 Å². The first-order chi connectivity index (χ1) is 8.46. The zero-order valence-electron chi connectivity index (χ0n) is 12.0. The van der Waals surface area contributed by atoms with Crippen molar-refractivity contribution in [2.24, 2.45) is 0 Å². The van der Waals surface area contributed by atoms with E-state index < -0.39 is 5.97 Å². The minimum absolute atomic E-state index is 0.253. The lowest BCUT2D eigenvalue weighted by atomic mass is 9.80. The predicted octanol–water partition coefficient (Wildman–Crippen LogP) is 2.09. The second-order valence-electron chi connectivity index (χ2n) is 5.89. The number of likely N-dealkylation sites (N-methyl/N-ethyl adjacent to an activating group) is 1. The van der Waals surface area contributed by atoms with Gasteiger partial charge in [0.2, 0.25) is 0 Å². The Labute approximate surface area is 111 Å². The highest BCUT2D eigenvalue weighted by Gasteiger charge is 2.33. The standard InChI is InChI=1S/C14H28N2O2/c1-12(7-8-13(17)18)15-11-14(16(2)3)9-5-4-6-10-14/h12,15H,4-11H2,1-3H3,(H,17,18). The van der Waals surface area contributed by atoms with E-state index in [1.165, 1.54) is 32.1 Å². The third kappa shape index (κ3) is 4.58. The topological polar surface area (TPSA) is 52.6 Å². The number of carbonyl (C=O) groups is 1. The van der Waals surface area contributed by atoms with Crippen LogP contribution in [0.25, 0.3) is 0 Å². The second-order valence-corrected chi connectivity index (χ2v) is 5.89. The van der Waals surface area contributed by atoms with Crippen LogP contribution >= 0.6 is 0 Å². The fourth-order valence-corrected chi connectivity index (χ4v) is 2.80. The molecular formula is C14H28N2O2. The smallest absolute Gasteiger partial charge is 0.303 e. The fourth-order valence-electron chi connectivity index (χ4n) is 2.80. The normalized spacial score (nSPS) is 20.9. The highest BCUT2D eigenvalue weighted by Crippen LogP contribution is 2.31. The summed E-state index contributed by atoms with van der Waals surface area (Å²) in [5.41, 5.74) is 0.274. The summed E-state index contributed by atoms with van der Waals surface area (Å²) >= 11 is 0. The molecule has 4 nitrogen and oxygen atoms in total. The van der Waals surface area contributed by atoms with Crippen molar-refractivity contribution >= 4 is 5.97 Å². The number of nitrogens with one attached hydrogen (secondary N) is 1. The molecule has 0 amide bonds. The van der Waals surface area contributed by atoms with Gasteiger partial charge in [-0.1, -0.05) is 19.3 Å². The maximum Gasteiger partial charge on any atom is 0.303 e. The molecule has 0 heterocycles. The van der Waals surface area contributed by atoms with Gasteiger partial charge in [0.1, 0.15) is 0 Å². The maximum absolute atomic E-state index is 10.5. The number of nitrogens with zero attached hydrogens (tertiary/aromatic N) is 1. The van der Waals surface area contributed by atoms with E-state index in [9.17, 15) is 4.79 Å². The van der Waals surface area contributed by atoms with Crippen molar-refractivity contribution in [2.45, 2.75) is 63.5 Å². The van der Waals surface area contributed by atoms with Crippen LogP contribution in [-0.4, -0.2) is 48.2 Å². The molecule has 0 spiro atoms. The van der Waals surface area contributed by atoms with E-state index in [-0.39, 0.29) is 18.0 Å². The molecule has 106 valence electrons. The summed E-state index contributed by atoms with van der Waals surface area (Å²) in [7, 11) is 4.32. The summed E-state index contributed by atoms with van der Waals surface area (Å²) in [6.07, 6.45) is 7.43. The van der Waals surface area contributed by atoms with Crippen molar-refractivity contribution in [1.82, 2.24) is 10.2 Å². The zero-order valence-corrected chi connectivity index (χ0v) is 12.0. The number of aliphatic carboxylic acids is 1. The summed E-state index contributed by atoms with van der Waals surface area (Å²) in [6, 6.07) is 0.278. The monoisotopic (exact) mass is 256 g/mol. The molecule has 18 heavy (non-hydrogen) atoms. The van der Waals surface area contributed by atoms with Crippen molar-refractivity contribution < 1.29 is 9.90 Å². The Morgan fingerprint density at radius 2 is 1.94 bits per heavy atom. The molecule has 4 heteroatoms. The van der Waals surface area contributed by atoms with Gasteiger partial charge in [-0.05, 0) is 40.3 Å². The van der Waals surface area contributed by atoms with E-state index in [0.29, 0.717) is 6.42 Å². The fraction of sp³-hybridized carbons (Fsp3) is 0.929. The molecule has 0 aromatic rings. The first kappa shape index (κ1) is 15.4. The van der Waals surface area contributed by atoms with E-state index in [2.05, 4.69) is 31.2 Å². The highest BCUT2D eigenvalue weighted by atomic mass is 16.4. The third-order valence-corrected chi connectivity index (χ3v) is 4.30. The number of carboxylic acids is 1. The van der Waals surface area contributed by atoms with Crippen LogP contribution in [0, 0.1) is 0 Å². The third-order valence-electron chi connectivity index (χ3n) is 4.30. The van der Waals surface area contributed by atoms with Crippen LogP contribution in [0.3, 0.4) is 0 Å². The Kier molecular flexibility index (Phi) is 6.09. The molecule has 1 fully saturated rings. The van der Waals surface area contributed by atoms with Gasteiger partial charge in [0, 0.05) is 24.5 Å². The van der Waals surface area contributed by atoms with Gasteiger partial charge >= 0.3 is 5.97 Å². The molecule has 0 radical (unpaired) electrons. The highest BCUT2D eigenvalue weighted by molar-refractivity contribution is 5.66. The first-order valence-electron chi connectivity index (χ1n) is 7.09. The van der Waals surface area contributed by atoms with Crippen LogP contribution in [-0.2, 0) is 4.79 Å². The molecule has 1 rings (SSSR count). The van der Waals surface area contributed by atoms with E-state index in [1.54, 1.807) is 0 Å². The van der Waals surface area contributed by atoms with Crippen molar-refractivity contribution in [3.8, 4) is 0 Å². The predicted molar refractivity (Wildman–Crippen MR) is 73.8 cm³/mol. The molecule has 2 N–H and O–H groups in total. The van der Waals surface area contributed by atoms with Crippen LogP contribution in [0.1, 0.15) is 51.9 Å². The van der Waals surface area contributed by atoms with Crippen molar-refractivity contribution in [3.63, 3.8) is 0 Å². The number of hydrogen-bond donors (Lipinski definition) is 2. The number of carboxylic acid groups (broad SMARTS) is 1. The molecule has 1 unspecified atom stereocenters. The van der Waals surface area contributed by atoms with Crippen LogP contribution in [0.15, 0.2) is 0 Å². The summed E-state index contributed by atoms with van der Waals surface area (Å²) in [4.78, 5) is 12.9. The van der Waals surface area contributed by atoms with Crippen LogP contribution < -0.4 is 5.32 Å². The lowest BCUT2D eigenvalue weighted by Crippen LogP contribution is -2.54. The van der Waals surface area contributed by atoms with Crippen molar-refractivity contribution in [2.75, 3.05) is 20.6 Å². The Hall–Kier alpha value is -0.610. The molecule has 1 saturated carbocycles. The molecule has 0 aromatic carbocycles. The van der Waals surface area contributed by atoms with Gasteiger partial charge in [-0.15, -0.1) is 0 Å². The Morgan fingerprint density at radius 3 is 2.44 bits per heavy atom. The number of rotatable bonds is 7. The molecule has 0 aromatic heterocycles. The van der Waals surface area contributed by atoms with Gasteiger partial charge in [-0.25, -0.2) is 0 Å². The van der Waals surface area contributed by atoms with Gasteiger partial charge in [0.05, 0.1) is 0 Å². The largest absolute Gasteiger partial charge is 0.481 e. The Balaban J connectivity index is 2.40. The van der Waals surface area contributed by atoms with E-state index in [1.807, 2.05) is 0 Å². The minimum atomic E-state index is -0.705. The van der Waals surface area contributed by atoms with Gasteiger partial charge in [-0.2, -0.15) is 0 Å². The SMILES string of the molecule is CC(CCC(=O)O)NCC1(N(C)C)CCCCC1. The van der Waals surface area contributed by atoms with Crippen LogP contribution in [0.2, 0.25) is 0 Å². The van der Waals surface area contributed by atoms with Gasteiger partial charge in [-0.3, -0.25) is 4.79 Å². The minimum Gasteiger partial charge on any atom is -0.481 e. The van der Waals surface area contributed by atoms with Crippen molar-refractivity contribution in [1.29, 1.82) is 0 Å². The summed E-state index contributed by atoms with van der Waals surface area (Å²) in [6.45, 7) is 3.05. The number of hydrogen-bond acceptors (Lipinski definition) is 3. The summed E-state index contributed by atoms with van der Waals surface area (Å²) < 4.78 is 0. The van der Waals surface area contributed by atoms with Crippen LogP contribution in [0.5, 0.6) is 0 Å². The molecule has 0 aliphatic heterocycles. The molecule has 0 saturated heterocycles. The Bertz CT molecular complexity index is 261. The average Bonchev–Trinajstić information content (AvgIpc) is 2.34. The van der Waals surface area contributed by atoms with Crippen molar-refractivity contribution in [3.05, 3.63) is 0 Å². The van der Waals surface area contributed by atoms with E-state index in [0.717, 1.165) is 6.54 Å². The zero-order chi connectivity index (χ0) is 13.6. The Morgan fingerprint density at radius 1 is 1.33 bits per heavy atom. The second kappa shape index (κ2) is 7.10. The van der Waals surface area contributed by atoms with Gasteiger partial charge in [0.25, 0.3) is 0 Å². The molecular weight excluding hydrogens is 228 g/mol. The molecule has 1 aliphatic rings. The molecule has 0 bridgehead atoms. The average molecular weight is 256 g/mol. The summed E-state index contributed by atoms with van der Waals surface area (Å²) in [5, 5.41) is 12.2. The van der Waals surface area contributed by atoms with Crippen LogP contribution in [0.4, 0.5) is 0 Å². The summed E-state index contributed by atoms with van der Waals surface area (Å²) in [5.74, 6) is -0.705. The van der Waals surface area contributed by atoms with Gasteiger partial charge < -0.3 is 15.3 Å². The lowest BCUT2D eigenvalue weighted by Gasteiger charge is -2.44. The maximum atomic E-state index is 10.5. The molecule has 1 aliphatic carbocycles. The molecule has 1 atom stereocenters.